The summed E-state index contributed by atoms with van der Waals surface area (Å²) in [6.07, 6.45) is 0. The number of carbonyl (C=O) groups is 1. The molecule has 0 saturated heterocycles. The van der Waals surface area contributed by atoms with Crippen LogP contribution in [0.2, 0.25) is 0 Å². The van der Waals surface area contributed by atoms with Gasteiger partial charge in [0.1, 0.15) is 11.4 Å². The molecule has 0 fully saturated rings. The number of esters is 1. The molecule has 0 aliphatic carbocycles. The summed E-state index contributed by atoms with van der Waals surface area (Å²) in [4.78, 5) is 25.4. The van der Waals surface area contributed by atoms with Crippen LogP contribution in [0.4, 0.5) is 4.39 Å². The van der Waals surface area contributed by atoms with Crippen molar-refractivity contribution in [1.29, 1.82) is 0 Å². The molecule has 0 N–H and O–H groups in total. The number of carbonyl (C=O) groups excluding carboxylic acids is 1. The van der Waals surface area contributed by atoms with Gasteiger partial charge in [0.05, 0.1) is 10.9 Å². The highest BCUT2D eigenvalue weighted by atomic mass is 19.1. The highest BCUT2D eigenvalue weighted by Gasteiger charge is 2.21. The standard InChI is InChI=1S/C22H13FO4/c23-16-12-10-15(11-13-16)22(25)27-21-19(24)17-8-4-5-9-18(17)26-20(21)14-6-2-1-3-7-14/h1-13H. The maximum absolute atomic E-state index is 13.1. The van der Waals surface area contributed by atoms with Gasteiger partial charge in [-0.2, -0.15) is 0 Å². The van der Waals surface area contributed by atoms with Gasteiger partial charge < -0.3 is 9.15 Å². The fourth-order valence-corrected chi connectivity index (χ4v) is 2.73. The number of para-hydroxylation sites is 1. The minimum absolute atomic E-state index is 0.128. The van der Waals surface area contributed by atoms with Crippen molar-refractivity contribution in [3.8, 4) is 17.1 Å². The molecule has 1 heterocycles. The second kappa shape index (κ2) is 6.88. The third-order valence-electron chi connectivity index (χ3n) is 4.07. The number of rotatable bonds is 3. The molecule has 0 aliphatic rings. The van der Waals surface area contributed by atoms with Gasteiger partial charge in [-0.25, -0.2) is 9.18 Å². The van der Waals surface area contributed by atoms with Gasteiger partial charge in [0.15, 0.2) is 5.76 Å². The van der Waals surface area contributed by atoms with E-state index in [1.807, 2.05) is 6.07 Å². The average Bonchev–Trinajstić information content (AvgIpc) is 2.71. The second-order valence-corrected chi connectivity index (χ2v) is 5.85. The Bertz CT molecular complexity index is 1180. The van der Waals surface area contributed by atoms with E-state index in [0.29, 0.717) is 16.5 Å². The van der Waals surface area contributed by atoms with Gasteiger partial charge in [0.25, 0.3) is 0 Å². The van der Waals surface area contributed by atoms with Gasteiger partial charge in [-0.15, -0.1) is 0 Å². The Hall–Kier alpha value is -3.73. The molecule has 0 aliphatic heterocycles. The van der Waals surface area contributed by atoms with Crippen LogP contribution in [0.25, 0.3) is 22.3 Å². The fourth-order valence-electron chi connectivity index (χ4n) is 2.73. The van der Waals surface area contributed by atoms with E-state index in [0.717, 1.165) is 12.1 Å². The van der Waals surface area contributed by atoms with Crippen LogP contribution in [0.3, 0.4) is 0 Å². The van der Waals surface area contributed by atoms with Crippen LogP contribution in [0.1, 0.15) is 10.4 Å². The molecule has 0 saturated carbocycles. The molecular weight excluding hydrogens is 347 g/mol. The molecule has 0 radical (unpaired) electrons. The van der Waals surface area contributed by atoms with Crippen molar-refractivity contribution in [3.05, 3.63) is 100 Å². The molecule has 3 aromatic carbocycles. The van der Waals surface area contributed by atoms with Gasteiger partial charge in [-0.05, 0) is 36.4 Å². The number of benzene rings is 3. The molecule has 0 amide bonds. The predicted molar refractivity (Wildman–Crippen MR) is 99.3 cm³/mol. The zero-order chi connectivity index (χ0) is 18.8. The highest BCUT2D eigenvalue weighted by Crippen LogP contribution is 2.31. The molecule has 0 bridgehead atoms. The Morgan fingerprint density at radius 1 is 0.852 bits per heavy atom. The van der Waals surface area contributed by atoms with Crippen LogP contribution >= 0.6 is 0 Å². The maximum atomic E-state index is 13.1. The molecule has 4 rings (SSSR count). The van der Waals surface area contributed by atoms with E-state index in [1.165, 1.54) is 12.1 Å². The van der Waals surface area contributed by atoms with E-state index in [9.17, 15) is 14.0 Å². The summed E-state index contributed by atoms with van der Waals surface area (Å²) in [5.41, 5.74) is 0.666. The molecule has 4 aromatic rings. The first-order chi connectivity index (χ1) is 13.1. The number of fused-ring (bicyclic) bond motifs is 1. The summed E-state index contributed by atoms with van der Waals surface area (Å²) < 4.78 is 24.4. The number of hydrogen-bond acceptors (Lipinski definition) is 4. The molecule has 4 nitrogen and oxygen atoms in total. The molecule has 132 valence electrons. The highest BCUT2D eigenvalue weighted by molar-refractivity contribution is 5.92. The Morgan fingerprint density at radius 3 is 2.26 bits per heavy atom. The Kier molecular flexibility index (Phi) is 4.26. The number of hydrogen-bond donors (Lipinski definition) is 0. The maximum Gasteiger partial charge on any atom is 0.343 e. The van der Waals surface area contributed by atoms with Crippen molar-refractivity contribution in [2.45, 2.75) is 0 Å². The SMILES string of the molecule is O=C(Oc1c(-c2ccccc2)oc2ccccc2c1=O)c1ccc(F)cc1. The topological polar surface area (TPSA) is 56.5 Å². The molecule has 1 aromatic heterocycles. The van der Waals surface area contributed by atoms with E-state index in [4.69, 9.17) is 9.15 Å². The van der Waals surface area contributed by atoms with Crippen LogP contribution in [0, 0.1) is 5.82 Å². The van der Waals surface area contributed by atoms with Crippen molar-refractivity contribution in [3.63, 3.8) is 0 Å². The number of halogens is 1. The zero-order valence-corrected chi connectivity index (χ0v) is 14.0. The number of ether oxygens (including phenoxy) is 1. The van der Waals surface area contributed by atoms with E-state index >= 15 is 0 Å². The van der Waals surface area contributed by atoms with Crippen molar-refractivity contribution in [2.75, 3.05) is 0 Å². The van der Waals surface area contributed by atoms with Crippen molar-refractivity contribution >= 4 is 16.9 Å². The summed E-state index contributed by atoms with van der Waals surface area (Å²) >= 11 is 0. The first kappa shape index (κ1) is 16.7. The lowest BCUT2D eigenvalue weighted by atomic mass is 10.1. The molecule has 5 heteroatoms. The smallest absolute Gasteiger partial charge is 0.343 e. The van der Waals surface area contributed by atoms with E-state index in [1.54, 1.807) is 48.5 Å². The largest absolute Gasteiger partial charge is 0.452 e. The summed E-state index contributed by atoms with van der Waals surface area (Å²) in [6.45, 7) is 0. The third-order valence-corrected chi connectivity index (χ3v) is 4.07. The average molecular weight is 360 g/mol. The second-order valence-electron chi connectivity index (χ2n) is 5.85. The summed E-state index contributed by atoms with van der Waals surface area (Å²) in [5, 5.41) is 0.305. The normalized spacial score (nSPS) is 10.7. The monoisotopic (exact) mass is 360 g/mol. The third kappa shape index (κ3) is 3.22. The molecule has 0 spiro atoms. The van der Waals surface area contributed by atoms with Gasteiger partial charge in [-0.3, -0.25) is 4.79 Å². The Morgan fingerprint density at radius 2 is 1.52 bits per heavy atom. The molecular formula is C22H13FO4. The minimum atomic E-state index is -0.769. The van der Waals surface area contributed by atoms with Crippen LogP contribution in [-0.2, 0) is 0 Å². The van der Waals surface area contributed by atoms with Gasteiger partial charge in [-0.1, -0.05) is 42.5 Å². The lowest BCUT2D eigenvalue weighted by molar-refractivity contribution is 0.0731. The fraction of sp³-hybridized carbons (Fsp3) is 0. The molecule has 0 unspecified atom stereocenters. The van der Waals surface area contributed by atoms with Crippen molar-refractivity contribution in [2.24, 2.45) is 0 Å². The van der Waals surface area contributed by atoms with Gasteiger partial charge in [0, 0.05) is 5.56 Å². The van der Waals surface area contributed by atoms with E-state index < -0.39 is 17.2 Å². The zero-order valence-electron chi connectivity index (χ0n) is 14.0. The first-order valence-corrected chi connectivity index (χ1v) is 8.22. The minimum Gasteiger partial charge on any atom is -0.452 e. The summed E-state index contributed by atoms with van der Waals surface area (Å²) in [6, 6.07) is 20.5. The Labute approximate surface area is 153 Å². The van der Waals surface area contributed by atoms with E-state index in [2.05, 4.69) is 0 Å². The summed E-state index contributed by atoms with van der Waals surface area (Å²) in [7, 11) is 0. The summed E-state index contributed by atoms with van der Waals surface area (Å²) in [5.74, 6) is -1.28. The molecule has 27 heavy (non-hydrogen) atoms. The van der Waals surface area contributed by atoms with Crippen LogP contribution in [0.5, 0.6) is 5.75 Å². The van der Waals surface area contributed by atoms with Gasteiger partial charge >= 0.3 is 5.97 Å². The van der Waals surface area contributed by atoms with Crippen molar-refractivity contribution in [1.82, 2.24) is 0 Å². The lowest BCUT2D eigenvalue weighted by Gasteiger charge is -2.10. The molecule has 0 atom stereocenters. The lowest BCUT2D eigenvalue weighted by Crippen LogP contribution is -2.16. The first-order valence-electron chi connectivity index (χ1n) is 8.22. The van der Waals surface area contributed by atoms with Gasteiger partial charge in [0.2, 0.25) is 11.2 Å². The van der Waals surface area contributed by atoms with Crippen LogP contribution in [-0.4, -0.2) is 5.97 Å². The quantitative estimate of drug-likeness (QED) is 0.492. The van der Waals surface area contributed by atoms with Crippen LogP contribution < -0.4 is 10.2 Å². The predicted octanol–water partition coefficient (Wildman–Crippen LogP) is 4.82. The van der Waals surface area contributed by atoms with E-state index in [-0.39, 0.29) is 17.1 Å². The van der Waals surface area contributed by atoms with Crippen LogP contribution in [0.15, 0.2) is 88.1 Å². The van der Waals surface area contributed by atoms with Crippen molar-refractivity contribution < 1.29 is 18.3 Å². The Balaban J connectivity index is 1.87.